The summed E-state index contributed by atoms with van der Waals surface area (Å²) in [6, 6.07) is 14.0. The molecule has 0 fully saturated rings. The third-order valence-electron chi connectivity index (χ3n) is 2.94. The van der Waals surface area contributed by atoms with Crippen molar-refractivity contribution < 1.29 is 0 Å². The number of nitriles is 1. The van der Waals surface area contributed by atoms with Crippen molar-refractivity contribution in [3.63, 3.8) is 0 Å². The number of aromatic nitrogens is 1. The first-order valence-electron chi connectivity index (χ1n) is 6.54. The molecule has 19 heavy (non-hydrogen) atoms. The second-order valence-electron chi connectivity index (χ2n) is 4.47. The Bertz CT molecular complexity index is 550. The normalized spacial score (nSPS) is 9.89. The number of hydrogen-bond donors (Lipinski definition) is 1. The number of unbranched alkanes of at least 4 members (excludes halogenated alkanes) is 1. The molecule has 1 heterocycles. The SMILES string of the molecule is CCCCc1ccc(Nc2ccc(C#N)cn2)cc1. The highest BCUT2D eigenvalue weighted by molar-refractivity contribution is 5.56. The minimum absolute atomic E-state index is 0.570. The average Bonchev–Trinajstić information content (AvgIpc) is 2.47. The maximum absolute atomic E-state index is 8.71. The first-order chi connectivity index (χ1) is 9.31. The first-order valence-corrected chi connectivity index (χ1v) is 6.54. The van der Waals surface area contributed by atoms with E-state index in [4.69, 9.17) is 5.26 Å². The van der Waals surface area contributed by atoms with Crippen LogP contribution in [0.15, 0.2) is 42.6 Å². The lowest BCUT2D eigenvalue weighted by atomic mass is 10.1. The van der Waals surface area contributed by atoms with Crippen LogP contribution in [-0.2, 0) is 6.42 Å². The Kier molecular flexibility index (Phi) is 4.52. The summed E-state index contributed by atoms with van der Waals surface area (Å²) in [6.45, 7) is 2.20. The zero-order chi connectivity index (χ0) is 13.5. The van der Waals surface area contributed by atoms with Crippen molar-refractivity contribution in [3.8, 4) is 6.07 Å². The number of hydrogen-bond acceptors (Lipinski definition) is 3. The molecule has 0 spiro atoms. The second kappa shape index (κ2) is 6.55. The van der Waals surface area contributed by atoms with Crippen molar-refractivity contribution >= 4 is 11.5 Å². The molecular weight excluding hydrogens is 234 g/mol. The molecule has 0 aliphatic heterocycles. The molecule has 0 atom stereocenters. The van der Waals surface area contributed by atoms with Gasteiger partial charge >= 0.3 is 0 Å². The molecule has 0 amide bonds. The van der Waals surface area contributed by atoms with E-state index in [2.05, 4.69) is 47.6 Å². The van der Waals surface area contributed by atoms with E-state index in [0.717, 1.165) is 17.9 Å². The monoisotopic (exact) mass is 251 g/mol. The fourth-order valence-electron chi connectivity index (χ4n) is 1.82. The van der Waals surface area contributed by atoms with E-state index in [1.807, 2.05) is 6.07 Å². The van der Waals surface area contributed by atoms with E-state index in [1.165, 1.54) is 18.4 Å². The summed E-state index contributed by atoms with van der Waals surface area (Å²) >= 11 is 0. The van der Waals surface area contributed by atoms with Gasteiger partial charge in [0.05, 0.1) is 5.56 Å². The number of nitrogens with one attached hydrogen (secondary N) is 1. The number of rotatable bonds is 5. The molecule has 0 unspecified atom stereocenters. The van der Waals surface area contributed by atoms with E-state index < -0.39 is 0 Å². The van der Waals surface area contributed by atoms with Crippen LogP contribution in [0.2, 0.25) is 0 Å². The largest absolute Gasteiger partial charge is 0.340 e. The average molecular weight is 251 g/mol. The third kappa shape index (κ3) is 3.82. The van der Waals surface area contributed by atoms with Gasteiger partial charge in [-0.15, -0.1) is 0 Å². The summed E-state index contributed by atoms with van der Waals surface area (Å²) in [4.78, 5) is 4.18. The quantitative estimate of drug-likeness (QED) is 0.872. The molecule has 2 rings (SSSR count). The molecule has 1 aromatic heterocycles. The standard InChI is InChI=1S/C16H17N3/c1-2-3-4-13-5-8-15(9-6-13)19-16-10-7-14(11-17)12-18-16/h5-10,12H,2-4H2,1H3,(H,18,19). The first kappa shape index (κ1) is 13.1. The van der Waals surface area contributed by atoms with Crippen LogP contribution in [0.4, 0.5) is 11.5 Å². The predicted octanol–water partition coefficient (Wildman–Crippen LogP) is 4.04. The molecule has 3 nitrogen and oxygen atoms in total. The van der Waals surface area contributed by atoms with Crippen molar-refractivity contribution in [1.82, 2.24) is 4.98 Å². The predicted molar refractivity (Wildman–Crippen MR) is 77.3 cm³/mol. The summed E-state index contributed by atoms with van der Waals surface area (Å²) in [5.74, 6) is 0.750. The number of benzene rings is 1. The highest BCUT2D eigenvalue weighted by Gasteiger charge is 1.98. The Morgan fingerprint density at radius 2 is 1.95 bits per heavy atom. The molecule has 96 valence electrons. The van der Waals surface area contributed by atoms with Gasteiger partial charge in [-0.2, -0.15) is 5.26 Å². The van der Waals surface area contributed by atoms with Gasteiger partial charge in [0, 0.05) is 11.9 Å². The number of anilines is 2. The molecular formula is C16H17N3. The summed E-state index contributed by atoms with van der Waals surface area (Å²) < 4.78 is 0. The molecule has 0 aliphatic carbocycles. The minimum atomic E-state index is 0.570. The molecule has 3 heteroatoms. The fraction of sp³-hybridized carbons (Fsp3) is 0.250. The highest BCUT2D eigenvalue weighted by Crippen LogP contribution is 2.16. The highest BCUT2D eigenvalue weighted by atomic mass is 15.0. The van der Waals surface area contributed by atoms with Crippen LogP contribution >= 0.6 is 0 Å². The van der Waals surface area contributed by atoms with Crippen molar-refractivity contribution in [3.05, 3.63) is 53.7 Å². The van der Waals surface area contributed by atoms with Crippen molar-refractivity contribution in [2.24, 2.45) is 0 Å². The smallest absolute Gasteiger partial charge is 0.130 e. The molecule has 2 aromatic rings. The Morgan fingerprint density at radius 1 is 1.16 bits per heavy atom. The zero-order valence-corrected chi connectivity index (χ0v) is 11.1. The Balaban J connectivity index is 2.00. The van der Waals surface area contributed by atoms with Crippen molar-refractivity contribution in [2.45, 2.75) is 26.2 Å². The molecule has 0 aliphatic rings. The molecule has 1 N–H and O–H groups in total. The maximum atomic E-state index is 8.71. The zero-order valence-electron chi connectivity index (χ0n) is 11.1. The van der Waals surface area contributed by atoms with E-state index in [0.29, 0.717) is 5.56 Å². The van der Waals surface area contributed by atoms with Gasteiger partial charge in [0.2, 0.25) is 0 Å². The van der Waals surface area contributed by atoms with Gasteiger partial charge in [-0.1, -0.05) is 25.5 Å². The Labute approximate surface area is 113 Å². The lowest BCUT2D eigenvalue weighted by molar-refractivity contribution is 0.795. The fourth-order valence-corrected chi connectivity index (χ4v) is 1.82. The minimum Gasteiger partial charge on any atom is -0.340 e. The van der Waals surface area contributed by atoms with Gasteiger partial charge < -0.3 is 5.32 Å². The van der Waals surface area contributed by atoms with Crippen LogP contribution in [0.1, 0.15) is 30.9 Å². The number of nitrogens with zero attached hydrogens (tertiary/aromatic N) is 2. The van der Waals surface area contributed by atoms with Crippen LogP contribution < -0.4 is 5.32 Å². The van der Waals surface area contributed by atoms with Crippen LogP contribution in [0.25, 0.3) is 0 Å². The Hall–Kier alpha value is -2.34. The molecule has 0 radical (unpaired) electrons. The summed E-state index contributed by atoms with van der Waals surface area (Å²) in [7, 11) is 0. The van der Waals surface area contributed by atoms with Crippen LogP contribution in [0, 0.1) is 11.3 Å². The Morgan fingerprint density at radius 3 is 2.53 bits per heavy atom. The van der Waals surface area contributed by atoms with E-state index in [9.17, 15) is 0 Å². The topological polar surface area (TPSA) is 48.7 Å². The van der Waals surface area contributed by atoms with E-state index in [1.54, 1.807) is 12.3 Å². The molecule has 0 saturated carbocycles. The summed E-state index contributed by atoms with van der Waals surface area (Å²) in [5, 5.41) is 11.9. The van der Waals surface area contributed by atoms with Crippen LogP contribution in [0.5, 0.6) is 0 Å². The van der Waals surface area contributed by atoms with Crippen molar-refractivity contribution in [2.75, 3.05) is 5.32 Å². The van der Waals surface area contributed by atoms with E-state index >= 15 is 0 Å². The lowest BCUT2D eigenvalue weighted by Crippen LogP contribution is -1.94. The molecule has 1 aromatic carbocycles. The second-order valence-corrected chi connectivity index (χ2v) is 4.47. The third-order valence-corrected chi connectivity index (χ3v) is 2.94. The summed E-state index contributed by atoms with van der Waals surface area (Å²) in [6.07, 6.45) is 5.14. The van der Waals surface area contributed by atoms with Gasteiger partial charge in [-0.05, 0) is 42.7 Å². The van der Waals surface area contributed by atoms with Gasteiger partial charge in [0.15, 0.2) is 0 Å². The van der Waals surface area contributed by atoms with Crippen LogP contribution in [-0.4, -0.2) is 4.98 Å². The molecule has 0 bridgehead atoms. The lowest BCUT2D eigenvalue weighted by Gasteiger charge is -2.06. The van der Waals surface area contributed by atoms with Gasteiger partial charge in [-0.25, -0.2) is 4.98 Å². The van der Waals surface area contributed by atoms with E-state index in [-0.39, 0.29) is 0 Å². The maximum Gasteiger partial charge on any atom is 0.130 e. The number of pyridine rings is 1. The van der Waals surface area contributed by atoms with Crippen LogP contribution in [0.3, 0.4) is 0 Å². The van der Waals surface area contributed by atoms with Crippen molar-refractivity contribution in [1.29, 1.82) is 5.26 Å². The number of aryl methyl sites for hydroxylation is 1. The van der Waals surface area contributed by atoms with Gasteiger partial charge in [0.1, 0.15) is 11.9 Å². The van der Waals surface area contributed by atoms with Gasteiger partial charge in [-0.3, -0.25) is 0 Å². The molecule has 0 saturated heterocycles. The van der Waals surface area contributed by atoms with Gasteiger partial charge in [0.25, 0.3) is 0 Å². The summed E-state index contributed by atoms with van der Waals surface area (Å²) in [5.41, 5.74) is 2.94.